The molecule has 0 saturated carbocycles. The maximum absolute atomic E-state index is 2.44. The summed E-state index contributed by atoms with van der Waals surface area (Å²) in [4.78, 5) is 0. The predicted molar refractivity (Wildman–Crippen MR) is 27.6 cm³/mol. The van der Waals surface area contributed by atoms with E-state index >= 15 is 0 Å². The highest BCUT2D eigenvalue weighted by atomic mass is 32.2. The first-order valence-corrected chi connectivity index (χ1v) is 3.30. The van der Waals surface area contributed by atoms with Crippen molar-refractivity contribution in [3.05, 3.63) is 0 Å². The zero-order valence-corrected chi connectivity index (χ0v) is 4.37. The van der Waals surface area contributed by atoms with Crippen LogP contribution in [0.4, 0.5) is 0 Å². The second-order valence-electron chi connectivity index (χ2n) is 1.88. The fourth-order valence-corrected chi connectivity index (χ4v) is 2.07. The van der Waals surface area contributed by atoms with Crippen LogP contribution in [0, 0.1) is 0 Å². The van der Waals surface area contributed by atoms with Gasteiger partial charge in [0.15, 0.2) is 0 Å². The van der Waals surface area contributed by atoms with Gasteiger partial charge in [-0.2, -0.15) is 0 Å². The lowest BCUT2D eigenvalue weighted by Gasteiger charge is -1.82. The van der Waals surface area contributed by atoms with E-state index in [1.54, 1.807) is 0 Å². The number of hydrogen-bond acceptors (Lipinski definition) is 2. The quantitative estimate of drug-likeness (QED) is 0.327. The number of fused-ring (bicyclic) bond motifs is 1. The SMILES string of the molecule is C1CC2CN2S1. The van der Waals surface area contributed by atoms with Gasteiger partial charge >= 0.3 is 0 Å². The maximum Gasteiger partial charge on any atom is 0.0348 e. The third-order valence-electron chi connectivity index (χ3n) is 1.37. The standard InChI is InChI=1S/C4H7NS/c1-2-6-5-3-4(1)5/h4H,1-3H2. The van der Waals surface area contributed by atoms with Crippen molar-refractivity contribution < 1.29 is 0 Å². The van der Waals surface area contributed by atoms with E-state index < -0.39 is 0 Å². The zero-order chi connectivity index (χ0) is 3.98. The van der Waals surface area contributed by atoms with E-state index in [0.717, 1.165) is 6.04 Å². The minimum absolute atomic E-state index is 1.01. The van der Waals surface area contributed by atoms with E-state index in [4.69, 9.17) is 0 Å². The molecule has 0 aliphatic carbocycles. The van der Waals surface area contributed by atoms with Crippen LogP contribution >= 0.6 is 11.9 Å². The number of rotatable bonds is 0. The molecule has 2 unspecified atom stereocenters. The predicted octanol–water partition coefficient (Wildman–Crippen LogP) is 0.723. The van der Waals surface area contributed by atoms with E-state index in [0.29, 0.717) is 0 Å². The zero-order valence-electron chi connectivity index (χ0n) is 3.55. The third-order valence-corrected chi connectivity index (χ3v) is 2.57. The maximum atomic E-state index is 2.44. The van der Waals surface area contributed by atoms with Gasteiger partial charge in [0.1, 0.15) is 0 Å². The summed E-state index contributed by atoms with van der Waals surface area (Å²) in [7, 11) is 0. The Balaban J connectivity index is 2.09. The normalized spacial score (nSPS) is 52.0. The van der Waals surface area contributed by atoms with Gasteiger partial charge in [0.05, 0.1) is 0 Å². The summed E-state index contributed by atoms with van der Waals surface area (Å²) >= 11 is 2.00. The van der Waals surface area contributed by atoms with Crippen LogP contribution in [-0.4, -0.2) is 22.6 Å². The first kappa shape index (κ1) is 3.33. The Morgan fingerprint density at radius 3 is 2.83 bits per heavy atom. The van der Waals surface area contributed by atoms with Gasteiger partial charge in [-0.1, -0.05) is 11.9 Å². The molecule has 6 heavy (non-hydrogen) atoms. The lowest BCUT2D eigenvalue weighted by molar-refractivity contribution is 0.822. The molecule has 0 aromatic heterocycles. The van der Waals surface area contributed by atoms with E-state index in [9.17, 15) is 0 Å². The first-order chi connectivity index (χ1) is 2.97. The van der Waals surface area contributed by atoms with Crippen molar-refractivity contribution in [2.75, 3.05) is 12.3 Å². The van der Waals surface area contributed by atoms with Crippen molar-refractivity contribution in [1.29, 1.82) is 0 Å². The van der Waals surface area contributed by atoms with E-state index in [2.05, 4.69) is 4.31 Å². The van der Waals surface area contributed by atoms with E-state index in [1.165, 1.54) is 18.7 Å². The van der Waals surface area contributed by atoms with Crippen molar-refractivity contribution in [2.24, 2.45) is 0 Å². The van der Waals surface area contributed by atoms with Gasteiger partial charge in [0.25, 0.3) is 0 Å². The minimum atomic E-state index is 1.01. The summed E-state index contributed by atoms with van der Waals surface area (Å²) < 4.78 is 2.44. The number of hydrogen-bond donors (Lipinski definition) is 0. The highest BCUT2D eigenvalue weighted by Gasteiger charge is 2.38. The summed E-state index contributed by atoms with van der Waals surface area (Å²) in [5, 5.41) is 0. The van der Waals surface area contributed by atoms with Crippen molar-refractivity contribution in [3.63, 3.8) is 0 Å². The molecule has 2 heterocycles. The van der Waals surface area contributed by atoms with Gasteiger partial charge in [-0.15, -0.1) is 0 Å². The van der Waals surface area contributed by atoms with E-state index in [1.807, 2.05) is 11.9 Å². The Kier molecular flexibility index (Phi) is 0.515. The molecular weight excluding hydrogens is 94.1 g/mol. The van der Waals surface area contributed by atoms with Gasteiger partial charge in [-0.3, -0.25) is 0 Å². The van der Waals surface area contributed by atoms with Crippen LogP contribution in [0.5, 0.6) is 0 Å². The van der Waals surface area contributed by atoms with Crippen LogP contribution in [0.15, 0.2) is 0 Å². The first-order valence-electron chi connectivity index (χ1n) is 2.36. The molecule has 2 atom stereocenters. The summed E-state index contributed by atoms with van der Waals surface area (Å²) in [5.41, 5.74) is 0. The van der Waals surface area contributed by atoms with Gasteiger partial charge in [0.2, 0.25) is 0 Å². The van der Waals surface area contributed by atoms with Crippen LogP contribution in [0.3, 0.4) is 0 Å². The Morgan fingerprint density at radius 2 is 2.67 bits per heavy atom. The molecule has 2 heteroatoms. The van der Waals surface area contributed by atoms with Crippen LogP contribution in [-0.2, 0) is 0 Å². The second kappa shape index (κ2) is 0.928. The molecule has 0 aromatic rings. The monoisotopic (exact) mass is 101 g/mol. The molecule has 0 amide bonds. The molecule has 2 saturated heterocycles. The minimum Gasteiger partial charge on any atom is -0.245 e. The van der Waals surface area contributed by atoms with Crippen molar-refractivity contribution in [1.82, 2.24) is 4.31 Å². The van der Waals surface area contributed by atoms with Gasteiger partial charge < -0.3 is 0 Å². The summed E-state index contributed by atoms with van der Waals surface area (Å²) in [5.74, 6) is 1.38. The summed E-state index contributed by atoms with van der Waals surface area (Å²) in [6, 6.07) is 1.01. The number of nitrogens with zero attached hydrogens (tertiary/aromatic N) is 1. The lowest BCUT2D eigenvalue weighted by atomic mass is 10.4. The molecular formula is C4H7NS. The second-order valence-corrected chi connectivity index (χ2v) is 3.01. The Bertz CT molecular complexity index is 65.9. The van der Waals surface area contributed by atoms with Gasteiger partial charge in [-0.25, -0.2) is 4.31 Å². The molecule has 0 radical (unpaired) electrons. The Morgan fingerprint density at radius 1 is 1.67 bits per heavy atom. The molecule has 2 aliphatic heterocycles. The Labute approximate surface area is 41.8 Å². The highest BCUT2D eigenvalue weighted by Crippen LogP contribution is 2.37. The van der Waals surface area contributed by atoms with Crippen LogP contribution in [0.2, 0.25) is 0 Å². The van der Waals surface area contributed by atoms with Gasteiger partial charge in [-0.05, 0) is 6.42 Å². The fourth-order valence-electron chi connectivity index (χ4n) is 0.860. The summed E-state index contributed by atoms with van der Waals surface area (Å²) in [6.45, 7) is 1.38. The molecule has 2 rings (SSSR count). The topological polar surface area (TPSA) is 3.01 Å². The Hall–Kier alpha value is 0.310. The largest absolute Gasteiger partial charge is 0.245 e. The fraction of sp³-hybridized carbons (Fsp3) is 1.00. The van der Waals surface area contributed by atoms with Crippen LogP contribution < -0.4 is 0 Å². The van der Waals surface area contributed by atoms with Crippen molar-refractivity contribution in [3.8, 4) is 0 Å². The molecule has 1 nitrogen and oxygen atoms in total. The molecule has 2 fully saturated rings. The van der Waals surface area contributed by atoms with E-state index in [-0.39, 0.29) is 0 Å². The molecule has 0 spiro atoms. The molecule has 2 aliphatic rings. The lowest BCUT2D eigenvalue weighted by Crippen LogP contribution is -1.78. The average molecular weight is 101 g/mol. The molecule has 0 N–H and O–H groups in total. The van der Waals surface area contributed by atoms with Crippen molar-refractivity contribution >= 4 is 11.9 Å². The molecule has 0 aromatic carbocycles. The molecule has 34 valence electrons. The van der Waals surface area contributed by atoms with Crippen LogP contribution in [0.25, 0.3) is 0 Å². The average Bonchev–Trinajstić information content (AvgIpc) is 2.17. The third kappa shape index (κ3) is 0.312. The summed E-state index contributed by atoms with van der Waals surface area (Å²) in [6.07, 6.45) is 1.45. The highest BCUT2D eigenvalue weighted by molar-refractivity contribution is 7.97. The van der Waals surface area contributed by atoms with Crippen molar-refractivity contribution in [2.45, 2.75) is 12.5 Å². The van der Waals surface area contributed by atoms with Crippen LogP contribution in [0.1, 0.15) is 6.42 Å². The molecule has 0 bridgehead atoms. The smallest absolute Gasteiger partial charge is 0.0348 e. The van der Waals surface area contributed by atoms with Gasteiger partial charge in [0, 0.05) is 18.3 Å².